The van der Waals surface area contributed by atoms with Crippen molar-refractivity contribution < 1.29 is 22.7 Å². The number of benzene rings is 2. The van der Waals surface area contributed by atoms with Gasteiger partial charge in [-0.2, -0.15) is 13.2 Å². The van der Waals surface area contributed by atoms with E-state index in [1.165, 1.54) is 12.1 Å². The Balaban J connectivity index is 1.81. The van der Waals surface area contributed by atoms with Gasteiger partial charge in [-0.25, -0.2) is 0 Å². The van der Waals surface area contributed by atoms with Gasteiger partial charge < -0.3 is 10.1 Å². The van der Waals surface area contributed by atoms with Gasteiger partial charge in [0.15, 0.2) is 6.23 Å². The highest BCUT2D eigenvalue weighted by Crippen LogP contribution is 2.34. The molecular formula is C17H14F3NO2. The Kier molecular flexibility index (Phi) is 4.09. The van der Waals surface area contributed by atoms with Crippen LogP contribution in [0.5, 0.6) is 0 Å². The van der Waals surface area contributed by atoms with Gasteiger partial charge in [0.25, 0.3) is 0 Å². The number of halogens is 3. The van der Waals surface area contributed by atoms with E-state index in [1.807, 2.05) is 30.3 Å². The van der Waals surface area contributed by atoms with Crippen molar-refractivity contribution >= 4 is 5.91 Å². The number of nitrogens with one attached hydrogen (secondary N) is 1. The molecule has 2 aromatic carbocycles. The molecule has 1 aliphatic heterocycles. The second-order valence-corrected chi connectivity index (χ2v) is 5.31. The molecule has 0 spiro atoms. The zero-order valence-electron chi connectivity index (χ0n) is 12.0. The molecule has 3 nitrogen and oxygen atoms in total. The van der Waals surface area contributed by atoms with E-state index in [9.17, 15) is 18.0 Å². The maximum absolute atomic E-state index is 12.6. The van der Waals surface area contributed by atoms with E-state index in [0.717, 1.165) is 17.7 Å². The molecule has 2 aromatic rings. The first-order valence-corrected chi connectivity index (χ1v) is 7.10. The minimum atomic E-state index is -4.38. The molecule has 0 unspecified atom stereocenters. The van der Waals surface area contributed by atoms with Gasteiger partial charge in [-0.1, -0.05) is 42.5 Å². The zero-order chi connectivity index (χ0) is 16.4. The molecule has 120 valence electrons. The summed E-state index contributed by atoms with van der Waals surface area (Å²) in [6, 6.07) is 13.9. The molecule has 1 amide bonds. The molecule has 0 aliphatic carbocycles. The summed E-state index contributed by atoms with van der Waals surface area (Å²) in [7, 11) is 0. The Morgan fingerprint density at radius 2 is 1.61 bits per heavy atom. The van der Waals surface area contributed by atoms with Gasteiger partial charge in [0.1, 0.15) is 0 Å². The summed E-state index contributed by atoms with van der Waals surface area (Å²) >= 11 is 0. The third-order valence-corrected chi connectivity index (χ3v) is 3.68. The summed E-state index contributed by atoms with van der Waals surface area (Å²) in [6.07, 6.45) is -5.48. The second kappa shape index (κ2) is 6.04. The fourth-order valence-electron chi connectivity index (χ4n) is 2.49. The van der Waals surface area contributed by atoms with Crippen LogP contribution in [-0.4, -0.2) is 5.91 Å². The lowest BCUT2D eigenvalue weighted by atomic mass is 10.0. The lowest BCUT2D eigenvalue weighted by Crippen LogP contribution is -2.37. The van der Waals surface area contributed by atoms with E-state index in [2.05, 4.69) is 5.32 Å². The number of rotatable bonds is 2. The van der Waals surface area contributed by atoms with Gasteiger partial charge in [-0.05, 0) is 17.7 Å². The van der Waals surface area contributed by atoms with Crippen LogP contribution in [0.3, 0.4) is 0 Å². The predicted octanol–water partition coefficient (Wildman–Crippen LogP) is 3.98. The van der Waals surface area contributed by atoms with Crippen molar-refractivity contribution in [2.75, 3.05) is 0 Å². The van der Waals surface area contributed by atoms with Gasteiger partial charge in [0.2, 0.25) is 5.91 Å². The minimum Gasteiger partial charge on any atom is -0.346 e. The number of carbonyl (C=O) groups is 1. The van der Waals surface area contributed by atoms with Crippen LogP contribution in [0, 0.1) is 0 Å². The zero-order valence-corrected chi connectivity index (χ0v) is 12.0. The molecule has 0 saturated carbocycles. The topological polar surface area (TPSA) is 38.3 Å². The lowest BCUT2D eigenvalue weighted by Gasteiger charge is -2.31. The molecule has 0 bridgehead atoms. The Bertz CT molecular complexity index is 683. The Morgan fingerprint density at radius 1 is 0.957 bits per heavy atom. The molecule has 1 fully saturated rings. The molecule has 2 atom stereocenters. The third-order valence-electron chi connectivity index (χ3n) is 3.68. The number of alkyl halides is 3. The van der Waals surface area contributed by atoms with E-state index in [-0.39, 0.29) is 12.3 Å². The first kappa shape index (κ1) is 15.6. The number of carbonyl (C=O) groups excluding carboxylic acids is 1. The first-order chi connectivity index (χ1) is 10.9. The summed E-state index contributed by atoms with van der Waals surface area (Å²) in [5, 5.41) is 2.73. The Hall–Kier alpha value is -2.34. The van der Waals surface area contributed by atoms with Gasteiger partial charge in [-0.15, -0.1) is 0 Å². The highest BCUT2D eigenvalue weighted by atomic mass is 19.4. The normalized spacial score (nSPS) is 21.8. The average Bonchev–Trinajstić information content (AvgIpc) is 2.54. The maximum Gasteiger partial charge on any atom is 0.416 e. The second-order valence-electron chi connectivity index (χ2n) is 5.31. The quantitative estimate of drug-likeness (QED) is 0.908. The van der Waals surface area contributed by atoms with Crippen molar-refractivity contribution in [3.05, 3.63) is 71.3 Å². The summed E-state index contributed by atoms with van der Waals surface area (Å²) in [4.78, 5) is 11.9. The van der Waals surface area contributed by atoms with Crippen molar-refractivity contribution in [1.29, 1.82) is 0 Å². The van der Waals surface area contributed by atoms with E-state index >= 15 is 0 Å². The van der Waals surface area contributed by atoms with E-state index < -0.39 is 24.1 Å². The SMILES string of the molecule is O=C1C[C@@H](c2ccc(C(F)(F)F)cc2)O[C@@H](c2ccccc2)N1. The van der Waals surface area contributed by atoms with Crippen LogP contribution in [0.15, 0.2) is 54.6 Å². The highest BCUT2D eigenvalue weighted by molar-refractivity contribution is 5.77. The predicted molar refractivity (Wildman–Crippen MR) is 77.2 cm³/mol. The van der Waals surface area contributed by atoms with Crippen LogP contribution in [0.1, 0.15) is 35.4 Å². The number of amides is 1. The Labute approximate surface area is 131 Å². The summed E-state index contributed by atoms with van der Waals surface area (Å²) in [5.74, 6) is -0.199. The van der Waals surface area contributed by atoms with Crippen LogP contribution < -0.4 is 5.32 Å². The van der Waals surface area contributed by atoms with Crippen LogP contribution in [0.2, 0.25) is 0 Å². The number of ether oxygens (including phenoxy) is 1. The fraction of sp³-hybridized carbons (Fsp3) is 0.235. The van der Waals surface area contributed by atoms with Crippen molar-refractivity contribution in [2.24, 2.45) is 0 Å². The van der Waals surface area contributed by atoms with Gasteiger partial charge in [0, 0.05) is 5.56 Å². The third kappa shape index (κ3) is 3.53. The highest BCUT2D eigenvalue weighted by Gasteiger charge is 2.32. The molecule has 23 heavy (non-hydrogen) atoms. The fourth-order valence-corrected chi connectivity index (χ4v) is 2.49. The van der Waals surface area contributed by atoms with Crippen LogP contribution >= 0.6 is 0 Å². The van der Waals surface area contributed by atoms with Crippen LogP contribution in [-0.2, 0) is 15.7 Å². The molecule has 6 heteroatoms. The van der Waals surface area contributed by atoms with Crippen molar-refractivity contribution in [3.63, 3.8) is 0 Å². The van der Waals surface area contributed by atoms with Crippen LogP contribution in [0.25, 0.3) is 0 Å². The summed E-state index contributed by atoms with van der Waals surface area (Å²) < 4.78 is 43.7. The summed E-state index contributed by atoms with van der Waals surface area (Å²) in [6.45, 7) is 0. The molecule has 1 N–H and O–H groups in total. The lowest BCUT2D eigenvalue weighted by molar-refractivity contribution is -0.143. The van der Waals surface area contributed by atoms with Gasteiger partial charge >= 0.3 is 6.18 Å². The van der Waals surface area contributed by atoms with Gasteiger partial charge in [-0.3, -0.25) is 4.79 Å². The van der Waals surface area contributed by atoms with Crippen molar-refractivity contribution in [2.45, 2.75) is 24.9 Å². The molecule has 0 aromatic heterocycles. The molecule has 1 saturated heterocycles. The average molecular weight is 321 g/mol. The first-order valence-electron chi connectivity index (χ1n) is 7.10. The Morgan fingerprint density at radius 3 is 2.22 bits per heavy atom. The smallest absolute Gasteiger partial charge is 0.346 e. The van der Waals surface area contributed by atoms with E-state index in [4.69, 9.17) is 4.74 Å². The summed E-state index contributed by atoms with van der Waals surface area (Å²) in [5.41, 5.74) is 0.618. The number of hydrogen-bond donors (Lipinski definition) is 1. The molecular weight excluding hydrogens is 307 g/mol. The minimum absolute atomic E-state index is 0.0781. The van der Waals surface area contributed by atoms with E-state index in [1.54, 1.807) is 0 Å². The molecule has 0 radical (unpaired) electrons. The van der Waals surface area contributed by atoms with Crippen molar-refractivity contribution in [1.82, 2.24) is 5.32 Å². The van der Waals surface area contributed by atoms with Crippen molar-refractivity contribution in [3.8, 4) is 0 Å². The largest absolute Gasteiger partial charge is 0.416 e. The molecule has 1 heterocycles. The monoisotopic (exact) mass is 321 g/mol. The van der Waals surface area contributed by atoms with Gasteiger partial charge in [0.05, 0.1) is 18.1 Å². The standard InChI is InChI=1S/C17H14F3NO2/c18-17(19,20)13-8-6-11(7-9-13)14-10-15(22)21-16(23-14)12-4-2-1-3-5-12/h1-9,14,16H,10H2,(H,21,22)/t14-,16-/m0/s1. The molecule has 1 aliphatic rings. The van der Waals surface area contributed by atoms with Crippen LogP contribution in [0.4, 0.5) is 13.2 Å². The number of hydrogen-bond acceptors (Lipinski definition) is 2. The van der Waals surface area contributed by atoms with E-state index in [0.29, 0.717) is 5.56 Å². The molecule has 3 rings (SSSR count). The maximum atomic E-state index is 12.6.